The van der Waals surface area contributed by atoms with Gasteiger partial charge in [-0.1, -0.05) is 59.9 Å². The molecule has 0 aliphatic carbocycles. The Labute approximate surface area is 173 Å². The van der Waals surface area contributed by atoms with Gasteiger partial charge in [0.2, 0.25) is 9.47 Å². The first-order valence-electron chi connectivity index (χ1n) is 8.77. The molecule has 2 N–H and O–H groups in total. The van der Waals surface area contributed by atoms with E-state index in [1.807, 2.05) is 49.4 Å². The van der Waals surface area contributed by atoms with Crippen molar-refractivity contribution in [3.63, 3.8) is 0 Å². The van der Waals surface area contributed by atoms with Crippen LogP contribution in [0.1, 0.15) is 21.5 Å². The molecule has 0 unspecified atom stereocenters. The van der Waals surface area contributed by atoms with Gasteiger partial charge in [0.05, 0.1) is 13.2 Å². The molecule has 0 saturated heterocycles. The highest BCUT2D eigenvalue weighted by molar-refractivity contribution is 7.91. The number of sulfonamides is 1. The second kappa shape index (κ2) is 9.70. The molecule has 0 bridgehead atoms. The second-order valence-corrected chi connectivity index (χ2v) is 9.00. The van der Waals surface area contributed by atoms with Crippen molar-refractivity contribution in [1.29, 1.82) is 0 Å². The summed E-state index contributed by atoms with van der Waals surface area (Å²) >= 11 is 0.784. The van der Waals surface area contributed by atoms with Gasteiger partial charge in [-0.25, -0.2) is 13.1 Å². The third-order valence-electron chi connectivity index (χ3n) is 3.90. The fourth-order valence-electron chi connectivity index (χ4n) is 2.44. The van der Waals surface area contributed by atoms with E-state index in [4.69, 9.17) is 4.74 Å². The fraction of sp³-hybridized carbons (Fsp3) is 0.211. The van der Waals surface area contributed by atoms with Gasteiger partial charge < -0.3 is 4.74 Å². The van der Waals surface area contributed by atoms with Crippen molar-refractivity contribution in [2.24, 2.45) is 0 Å². The molecule has 3 rings (SSSR count). The van der Waals surface area contributed by atoms with E-state index >= 15 is 0 Å². The van der Waals surface area contributed by atoms with Crippen LogP contribution in [0.2, 0.25) is 0 Å². The van der Waals surface area contributed by atoms with E-state index in [2.05, 4.69) is 20.2 Å². The highest BCUT2D eigenvalue weighted by atomic mass is 32.2. The van der Waals surface area contributed by atoms with E-state index < -0.39 is 10.0 Å². The van der Waals surface area contributed by atoms with Crippen LogP contribution < -0.4 is 10.0 Å². The van der Waals surface area contributed by atoms with Crippen LogP contribution in [0, 0.1) is 6.92 Å². The summed E-state index contributed by atoms with van der Waals surface area (Å²) in [7, 11) is -3.83. The molecule has 10 heteroatoms. The number of amides is 1. The van der Waals surface area contributed by atoms with Gasteiger partial charge in [0.15, 0.2) is 0 Å². The second-order valence-electron chi connectivity index (χ2n) is 6.08. The Morgan fingerprint density at radius 2 is 1.79 bits per heavy atom. The zero-order valence-corrected chi connectivity index (χ0v) is 17.3. The maximum absolute atomic E-state index is 12.3. The molecule has 0 radical (unpaired) electrons. The van der Waals surface area contributed by atoms with Crippen LogP contribution in [-0.2, 0) is 21.4 Å². The highest BCUT2D eigenvalue weighted by Crippen LogP contribution is 2.20. The SMILES string of the molecule is Cc1ccccc1C(=O)Nc1nnc(S(=O)(=O)NCCOCc2ccccc2)s1. The Kier molecular flexibility index (Phi) is 7.04. The van der Waals surface area contributed by atoms with E-state index in [-0.39, 0.29) is 28.5 Å². The quantitative estimate of drug-likeness (QED) is 0.397. The van der Waals surface area contributed by atoms with Crippen molar-refractivity contribution in [1.82, 2.24) is 14.9 Å². The van der Waals surface area contributed by atoms with Crippen molar-refractivity contribution in [2.75, 3.05) is 18.5 Å². The summed E-state index contributed by atoms with van der Waals surface area (Å²) in [4.78, 5) is 12.3. The molecule has 29 heavy (non-hydrogen) atoms. The number of aromatic nitrogens is 2. The van der Waals surface area contributed by atoms with E-state index in [1.54, 1.807) is 12.1 Å². The van der Waals surface area contributed by atoms with Gasteiger partial charge in [-0.2, -0.15) is 0 Å². The van der Waals surface area contributed by atoms with Crippen molar-refractivity contribution >= 4 is 32.4 Å². The number of anilines is 1. The van der Waals surface area contributed by atoms with E-state index in [1.165, 1.54) is 0 Å². The molecule has 2 aromatic carbocycles. The van der Waals surface area contributed by atoms with Crippen LogP contribution in [0.4, 0.5) is 5.13 Å². The molecule has 3 aromatic rings. The standard InChI is InChI=1S/C19H20N4O4S2/c1-14-7-5-6-10-16(14)17(24)21-18-22-23-19(28-18)29(25,26)20-11-12-27-13-15-8-3-2-4-9-15/h2-10,20H,11-13H2,1H3,(H,21,22,24). The molecule has 1 heterocycles. The lowest BCUT2D eigenvalue weighted by atomic mass is 10.1. The van der Waals surface area contributed by atoms with Crippen LogP contribution in [-0.4, -0.2) is 37.7 Å². The number of hydrogen-bond donors (Lipinski definition) is 2. The van der Waals surface area contributed by atoms with Gasteiger partial charge in [0, 0.05) is 12.1 Å². The predicted octanol–water partition coefficient (Wildman–Crippen LogP) is 2.59. The largest absolute Gasteiger partial charge is 0.375 e. The van der Waals surface area contributed by atoms with E-state index in [0.717, 1.165) is 22.5 Å². The first-order chi connectivity index (χ1) is 14.0. The summed E-state index contributed by atoms with van der Waals surface area (Å²) in [6.07, 6.45) is 0. The molecule has 0 fully saturated rings. The smallest absolute Gasteiger partial charge is 0.269 e. The molecule has 0 saturated carbocycles. The summed E-state index contributed by atoms with van der Waals surface area (Å²) in [6.45, 7) is 2.52. The Balaban J connectivity index is 1.50. The summed E-state index contributed by atoms with van der Waals surface area (Å²) in [5.41, 5.74) is 2.30. The average Bonchev–Trinajstić information content (AvgIpc) is 3.18. The molecule has 1 aromatic heterocycles. The van der Waals surface area contributed by atoms with Crippen molar-refractivity contribution in [2.45, 2.75) is 17.9 Å². The minimum atomic E-state index is -3.83. The lowest BCUT2D eigenvalue weighted by Crippen LogP contribution is -2.27. The number of rotatable bonds is 9. The van der Waals surface area contributed by atoms with Crippen LogP contribution in [0.5, 0.6) is 0 Å². The lowest BCUT2D eigenvalue weighted by Gasteiger charge is -2.05. The minimum absolute atomic E-state index is 0.0969. The van der Waals surface area contributed by atoms with Crippen LogP contribution >= 0.6 is 11.3 Å². The molecule has 0 aliphatic rings. The van der Waals surface area contributed by atoms with Gasteiger partial charge >= 0.3 is 0 Å². The molecular formula is C19H20N4O4S2. The third kappa shape index (κ3) is 5.91. The maximum Gasteiger partial charge on any atom is 0.269 e. The van der Waals surface area contributed by atoms with Crippen molar-refractivity contribution in [3.05, 3.63) is 71.3 Å². The van der Waals surface area contributed by atoms with Gasteiger partial charge in [-0.3, -0.25) is 10.1 Å². The third-order valence-corrected chi connectivity index (χ3v) is 6.56. The topological polar surface area (TPSA) is 110 Å². The van der Waals surface area contributed by atoms with Crippen molar-refractivity contribution < 1.29 is 17.9 Å². The molecular weight excluding hydrogens is 412 g/mol. The van der Waals surface area contributed by atoms with E-state index in [0.29, 0.717) is 12.2 Å². The zero-order chi connectivity index (χ0) is 20.7. The number of nitrogens with one attached hydrogen (secondary N) is 2. The molecule has 0 spiro atoms. The zero-order valence-electron chi connectivity index (χ0n) is 15.7. The molecule has 1 amide bonds. The fourth-order valence-corrected chi connectivity index (χ4v) is 4.38. The number of ether oxygens (including phenoxy) is 1. The Morgan fingerprint density at radius 3 is 2.55 bits per heavy atom. The highest BCUT2D eigenvalue weighted by Gasteiger charge is 2.21. The van der Waals surface area contributed by atoms with Crippen LogP contribution in [0.3, 0.4) is 0 Å². The first kappa shape index (κ1) is 21.1. The molecule has 0 atom stereocenters. The maximum atomic E-state index is 12.3. The Morgan fingerprint density at radius 1 is 1.07 bits per heavy atom. The number of carbonyl (C=O) groups excluding carboxylic acids is 1. The van der Waals surface area contributed by atoms with E-state index in [9.17, 15) is 13.2 Å². The molecule has 8 nitrogen and oxygen atoms in total. The summed E-state index contributed by atoms with van der Waals surface area (Å²) < 4.78 is 32.3. The number of hydrogen-bond acceptors (Lipinski definition) is 7. The Hall–Kier alpha value is -2.66. The summed E-state index contributed by atoms with van der Waals surface area (Å²) in [5.74, 6) is -0.370. The number of carbonyl (C=O) groups is 1. The van der Waals surface area contributed by atoms with Crippen LogP contribution in [0.15, 0.2) is 58.9 Å². The van der Waals surface area contributed by atoms with Gasteiger partial charge in [-0.05, 0) is 24.1 Å². The van der Waals surface area contributed by atoms with Gasteiger partial charge in [0.1, 0.15) is 0 Å². The number of nitrogens with zero attached hydrogens (tertiary/aromatic N) is 2. The van der Waals surface area contributed by atoms with Crippen LogP contribution in [0.25, 0.3) is 0 Å². The van der Waals surface area contributed by atoms with Crippen molar-refractivity contribution in [3.8, 4) is 0 Å². The monoisotopic (exact) mass is 432 g/mol. The Bertz CT molecular complexity index is 1070. The first-order valence-corrected chi connectivity index (χ1v) is 11.1. The minimum Gasteiger partial charge on any atom is -0.375 e. The normalized spacial score (nSPS) is 11.3. The number of aryl methyl sites for hydroxylation is 1. The van der Waals surface area contributed by atoms with Gasteiger partial charge in [-0.15, -0.1) is 10.2 Å². The molecule has 0 aliphatic heterocycles. The number of benzene rings is 2. The predicted molar refractivity (Wildman–Crippen MR) is 110 cm³/mol. The molecule has 152 valence electrons. The average molecular weight is 433 g/mol. The lowest BCUT2D eigenvalue weighted by molar-refractivity contribution is 0.102. The van der Waals surface area contributed by atoms with Gasteiger partial charge in [0.25, 0.3) is 15.9 Å². The summed E-state index contributed by atoms with van der Waals surface area (Å²) in [5, 5.41) is 10.1. The summed E-state index contributed by atoms with van der Waals surface area (Å²) in [6, 6.07) is 16.7.